The van der Waals surface area contributed by atoms with E-state index in [-0.39, 0.29) is 17.1 Å². The summed E-state index contributed by atoms with van der Waals surface area (Å²) in [6.07, 6.45) is 126. The van der Waals surface area contributed by atoms with Crippen LogP contribution in [0.2, 0.25) is 0 Å². The van der Waals surface area contributed by atoms with Crippen molar-refractivity contribution in [2.75, 3.05) is 39.6 Å². The van der Waals surface area contributed by atoms with E-state index in [0.29, 0.717) is 85.5 Å². The SMILES string of the molecule is CCCCCCCCCCCCCCCCCCOc1cc(-c2ccc(C(=O)/C=C(\OB(F)F)c3ccc(-c4cc(OCCCCCCCCCCCCCCCCCC)c(OCCCCCCCCCCCCCCCCCC)c(OCCCCCCCCCCCCCCCCCC)c4)[nH]3)[nH]2)cc(OCCCCCCCCCCCCCCCCCC)c1OCCCCCCCCCCCCCCCCCC. The zero-order chi connectivity index (χ0) is 103. The van der Waals surface area contributed by atoms with Gasteiger partial charge in [-0.3, -0.25) is 4.79 Å². The number of hydrogen-bond acceptors (Lipinski definition) is 8. The fourth-order valence-electron chi connectivity index (χ4n) is 21.0. The third-order valence-corrected chi connectivity index (χ3v) is 30.6. The molecule has 10 nitrogen and oxygen atoms in total. The van der Waals surface area contributed by atoms with Gasteiger partial charge in [0.1, 0.15) is 5.76 Å². The highest BCUT2D eigenvalue weighted by Gasteiger charge is 2.26. The number of rotatable bonds is 115. The van der Waals surface area contributed by atoms with Crippen LogP contribution in [0.1, 0.15) is 674 Å². The third kappa shape index (κ3) is 75.6. The lowest BCUT2D eigenvalue weighted by Gasteiger charge is -2.19. The predicted molar refractivity (Wildman–Crippen MR) is 624 cm³/mol. The number of aromatic nitrogens is 2. The van der Waals surface area contributed by atoms with Gasteiger partial charge in [-0.1, -0.05) is 619 Å². The molecular weight excluding hydrogens is 1780 g/mol. The van der Waals surface area contributed by atoms with Gasteiger partial charge in [-0.15, -0.1) is 0 Å². The van der Waals surface area contributed by atoms with Gasteiger partial charge in [0.05, 0.1) is 51.0 Å². The summed E-state index contributed by atoms with van der Waals surface area (Å²) in [7, 11) is -3.20. The molecule has 0 saturated carbocycles. The Hall–Kier alpha value is -5.07. The first-order valence-electron chi connectivity index (χ1n) is 64.0. The van der Waals surface area contributed by atoms with Crippen LogP contribution >= 0.6 is 0 Å². The van der Waals surface area contributed by atoms with Gasteiger partial charge in [0.2, 0.25) is 17.3 Å². The van der Waals surface area contributed by atoms with E-state index in [2.05, 4.69) is 51.5 Å². The average Bonchev–Trinajstić information content (AvgIpc) is 1.49. The summed E-state index contributed by atoms with van der Waals surface area (Å²) in [6.45, 7) is 17.1. The normalized spacial score (nSPS) is 11.7. The Labute approximate surface area is 890 Å². The molecule has 0 aliphatic rings. The number of hydrogen-bond donors (Lipinski definition) is 2. The second kappa shape index (κ2) is 101. The third-order valence-electron chi connectivity index (χ3n) is 30.6. The van der Waals surface area contributed by atoms with Crippen LogP contribution in [0.3, 0.4) is 0 Å². The summed E-state index contributed by atoms with van der Waals surface area (Å²) in [5, 5.41) is 0. The highest BCUT2D eigenvalue weighted by molar-refractivity contribution is 6.36. The number of halogens is 2. The molecule has 144 heavy (non-hydrogen) atoms. The molecule has 0 saturated heterocycles. The fraction of sp³-hybridized carbons (Fsp3) is 0.824. The van der Waals surface area contributed by atoms with Crippen molar-refractivity contribution < 1.29 is 46.5 Å². The number of carbonyl (C=O) groups is 1. The number of ketones is 1. The van der Waals surface area contributed by atoms with Crippen molar-refractivity contribution in [3.05, 3.63) is 66.0 Å². The molecule has 0 radical (unpaired) electrons. The highest BCUT2D eigenvalue weighted by Crippen LogP contribution is 2.45. The van der Waals surface area contributed by atoms with E-state index < -0.39 is 13.3 Å². The number of H-pyrrole nitrogens is 2. The lowest BCUT2D eigenvalue weighted by molar-refractivity contribution is 0.104. The van der Waals surface area contributed by atoms with Gasteiger partial charge in [0.25, 0.3) is 0 Å². The highest BCUT2D eigenvalue weighted by atomic mass is 19.2. The Morgan fingerprint density at radius 3 is 0.542 bits per heavy atom. The van der Waals surface area contributed by atoms with Crippen molar-refractivity contribution in [2.45, 2.75) is 658 Å². The van der Waals surface area contributed by atoms with Gasteiger partial charge in [-0.2, -0.15) is 0 Å². The molecule has 13 heteroatoms. The number of unbranched alkanes of at least 4 members (excludes halogenated alkanes) is 90. The smallest absolute Gasteiger partial charge is 0.503 e. The van der Waals surface area contributed by atoms with Crippen LogP contribution in [0.4, 0.5) is 8.63 Å². The molecule has 0 aliphatic heterocycles. The van der Waals surface area contributed by atoms with E-state index in [4.69, 9.17) is 33.1 Å². The summed E-state index contributed by atoms with van der Waals surface area (Å²) < 4.78 is 76.6. The minimum atomic E-state index is -3.20. The lowest BCUT2D eigenvalue weighted by Crippen LogP contribution is -2.07. The molecule has 4 aromatic rings. The van der Waals surface area contributed by atoms with Crippen LogP contribution in [0.25, 0.3) is 28.3 Å². The standard InChI is InChI=1S/C131H233BF2N2O8/c1-7-13-19-25-31-37-43-49-55-61-67-73-79-85-91-97-107-138-126-113-118(114-127(139-108-98-92-86-80-74-68-62-56-50-44-38-32-26-20-14-8-2)130(126)142-111-101-95-89-83-77-71-65-59-53-47-41-35-29-23-17-11-5)120-103-105-122(135-120)124(137)117-125(144-132(133)134)123-106-104-121(136-123)119-115-128(140-109-99-93-87-81-75-69-63-57-51-45-39-33-27-21-15-9-3)131(143-112-102-96-90-84-78-72-66-60-54-48-42-36-30-24-18-12-6)129(116-119)141-110-100-94-88-82-76-70-64-58-52-46-40-34-28-22-16-10-4/h103-106,113-117,135-136H,7-102,107-112H2,1-6H3/b125-117-. The molecule has 832 valence electrons. The lowest BCUT2D eigenvalue weighted by atomic mass is 10.0. The Balaban J connectivity index is 1.63. The van der Waals surface area contributed by atoms with Crippen molar-refractivity contribution in [3.8, 4) is 57.0 Å². The first-order chi connectivity index (χ1) is 71.3. The molecule has 0 fully saturated rings. The molecule has 0 aliphatic carbocycles. The van der Waals surface area contributed by atoms with E-state index in [1.54, 1.807) is 12.1 Å². The Morgan fingerprint density at radius 1 is 0.215 bits per heavy atom. The molecule has 0 amide bonds. The summed E-state index contributed by atoms with van der Waals surface area (Å²) in [4.78, 5) is 21.7. The first-order valence-corrected chi connectivity index (χ1v) is 64.0. The maximum atomic E-state index is 15.0. The van der Waals surface area contributed by atoms with E-state index in [0.717, 1.165) is 88.2 Å². The second-order valence-corrected chi connectivity index (χ2v) is 44.3. The van der Waals surface area contributed by atoms with Gasteiger partial charge in [-0.25, -0.2) is 8.63 Å². The van der Waals surface area contributed by atoms with E-state index in [1.165, 1.54) is 545 Å². The molecule has 0 atom stereocenters. The predicted octanol–water partition coefficient (Wildman–Crippen LogP) is 45.7. The van der Waals surface area contributed by atoms with Crippen molar-refractivity contribution in [1.29, 1.82) is 0 Å². The molecule has 4 rings (SSSR count). The molecule has 2 N–H and O–H groups in total. The maximum absolute atomic E-state index is 15.0. The number of aromatic amines is 2. The minimum Gasteiger partial charge on any atom is -0.503 e. The summed E-state index contributed by atoms with van der Waals surface area (Å²) in [5.41, 5.74) is 3.34. The zero-order valence-corrected chi connectivity index (χ0v) is 95.9. The van der Waals surface area contributed by atoms with E-state index in [9.17, 15) is 13.4 Å². The van der Waals surface area contributed by atoms with Crippen LogP contribution in [0.15, 0.2) is 54.6 Å². The van der Waals surface area contributed by atoms with Crippen LogP contribution in [-0.4, -0.2) is 62.9 Å². The first kappa shape index (κ1) is 131. The van der Waals surface area contributed by atoms with E-state index >= 15 is 0 Å². The summed E-state index contributed by atoms with van der Waals surface area (Å²) >= 11 is 0. The van der Waals surface area contributed by atoms with Crippen LogP contribution in [0.5, 0.6) is 34.5 Å². The van der Waals surface area contributed by atoms with Gasteiger partial charge in [0, 0.05) is 28.6 Å². The van der Waals surface area contributed by atoms with Gasteiger partial charge < -0.3 is 43.0 Å². The molecule has 0 unspecified atom stereocenters. The van der Waals surface area contributed by atoms with Gasteiger partial charge in [-0.05, 0) is 87.1 Å². The largest absolute Gasteiger partial charge is 0.796 e. The Bertz CT molecular complexity index is 3300. The molecule has 2 heterocycles. The monoisotopic (exact) mass is 2010 g/mol. The quantitative estimate of drug-likeness (QED) is 0.0148. The Kier molecular flexibility index (Phi) is 92.1. The average molecular weight is 2010 g/mol. The van der Waals surface area contributed by atoms with Crippen molar-refractivity contribution in [1.82, 2.24) is 9.97 Å². The number of carbonyl (C=O) groups excluding carboxylic acids is 1. The van der Waals surface area contributed by atoms with Crippen molar-refractivity contribution in [2.24, 2.45) is 0 Å². The summed E-state index contributed by atoms with van der Waals surface area (Å²) in [6, 6.07) is 15.3. The van der Waals surface area contributed by atoms with Crippen LogP contribution < -0.4 is 28.4 Å². The van der Waals surface area contributed by atoms with Gasteiger partial charge >= 0.3 is 7.47 Å². The topological polar surface area (TPSA) is 113 Å². The zero-order valence-electron chi connectivity index (χ0n) is 95.9. The van der Waals surface area contributed by atoms with E-state index in [1.807, 2.05) is 36.4 Å². The second-order valence-electron chi connectivity index (χ2n) is 44.3. The number of nitrogens with one attached hydrogen (secondary N) is 2. The molecule has 0 bridgehead atoms. The number of allylic oxidation sites excluding steroid dienone is 1. The van der Waals surface area contributed by atoms with Crippen molar-refractivity contribution >= 4 is 19.0 Å². The Morgan fingerprint density at radius 2 is 0.368 bits per heavy atom. The summed E-state index contributed by atoms with van der Waals surface area (Å²) in [5.74, 6) is 3.02. The molecule has 2 aromatic heterocycles. The fourth-order valence-corrected chi connectivity index (χ4v) is 21.0. The number of benzene rings is 2. The minimum absolute atomic E-state index is 0.231. The molecular formula is C131H233BF2N2O8. The van der Waals surface area contributed by atoms with Crippen LogP contribution in [0, 0.1) is 0 Å². The molecule has 2 aromatic carbocycles. The van der Waals surface area contributed by atoms with Gasteiger partial charge in [0.15, 0.2) is 23.0 Å². The molecule has 0 spiro atoms. The number of ether oxygens (including phenoxy) is 6. The maximum Gasteiger partial charge on any atom is 0.796 e. The van der Waals surface area contributed by atoms with Crippen molar-refractivity contribution in [3.63, 3.8) is 0 Å². The van der Waals surface area contributed by atoms with Crippen LogP contribution in [-0.2, 0) is 4.65 Å².